The SMILES string of the molecule is C[C@H](O)[C@H]1CC[C@H]2[C@@H]3CC[C@@H]4C[C@H](O[13C@@H]5O[13CH]([13C](=O)O)[13C@@H](O)[13C@H](O)[13CH]5O)CC[C@]4(C)[C@H]3CC[C@]12C. The van der Waals surface area contributed by atoms with Crippen LogP contribution in [-0.2, 0) is 14.3 Å². The molecule has 5 fully saturated rings. The molecule has 200 valence electrons. The first-order chi connectivity index (χ1) is 16.5. The van der Waals surface area contributed by atoms with E-state index in [1.807, 2.05) is 6.92 Å². The topological polar surface area (TPSA) is 137 Å². The van der Waals surface area contributed by atoms with Crippen molar-refractivity contribution in [2.75, 3.05) is 0 Å². The Hall–Kier alpha value is -0.770. The Morgan fingerprint density at radius 2 is 1.60 bits per heavy atom. The minimum absolute atomic E-state index is 0.180. The third kappa shape index (κ3) is 4.07. The maximum Gasteiger partial charge on any atom is 0.335 e. The molecule has 8 nitrogen and oxygen atoms in total. The van der Waals surface area contributed by atoms with E-state index in [1.54, 1.807) is 0 Å². The van der Waals surface area contributed by atoms with Gasteiger partial charge in [0.25, 0.3) is 0 Å². The summed E-state index contributed by atoms with van der Waals surface area (Å²) in [5, 5.41) is 50.2. The highest BCUT2D eigenvalue weighted by atomic mass is 16.9. The Bertz CT molecular complexity index is 804. The van der Waals surface area contributed by atoms with Gasteiger partial charge in [0.15, 0.2) is 12.4 Å². The maximum absolute atomic E-state index is 11.4. The summed E-state index contributed by atoms with van der Waals surface area (Å²) in [4.78, 5) is 11.4. The number of hydrogen-bond donors (Lipinski definition) is 5. The molecule has 8 heteroatoms. The average molecular weight is 503 g/mol. The summed E-state index contributed by atoms with van der Waals surface area (Å²) in [6.45, 7) is 6.86. The second-order valence-electron chi connectivity index (χ2n) is 12.9. The zero-order valence-corrected chi connectivity index (χ0v) is 21.3. The van der Waals surface area contributed by atoms with Crippen molar-refractivity contribution in [2.45, 2.75) is 121 Å². The van der Waals surface area contributed by atoms with Crippen LogP contribution in [0.2, 0.25) is 0 Å². The second kappa shape index (κ2) is 9.21. The van der Waals surface area contributed by atoms with Crippen LogP contribution in [0.3, 0.4) is 0 Å². The molecule has 0 radical (unpaired) electrons. The predicted octanol–water partition coefficient (Wildman–Crippen LogP) is 2.30. The van der Waals surface area contributed by atoms with Gasteiger partial charge in [-0.15, -0.1) is 0 Å². The lowest BCUT2D eigenvalue weighted by molar-refractivity contribution is -0.309. The van der Waals surface area contributed by atoms with Gasteiger partial charge >= 0.3 is 5.97 Å². The minimum atomic E-state index is -1.70. The molecule has 5 N–H and O–H groups in total. The van der Waals surface area contributed by atoms with Gasteiger partial charge in [0.2, 0.25) is 0 Å². The number of fused-ring (bicyclic) bond motifs is 5. The number of carbonyl (C=O) groups is 1. The first-order valence-corrected chi connectivity index (χ1v) is 13.7. The van der Waals surface area contributed by atoms with Crippen molar-refractivity contribution in [1.29, 1.82) is 0 Å². The number of aliphatic hydroxyl groups excluding tert-OH is 4. The standard InChI is InChI=1S/C27H44O8/c1-13(28)17-6-7-18-16-5-4-14-12-15(8-10-26(14,2)19(16)9-11-27(17,18)3)34-25-22(31)20(29)21(30)23(35-25)24(32)33/h13-23,25,28-31H,4-12H2,1-3H3,(H,32,33)/t13-,14+,15+,16-,17+,18-,19-,20-,21-,22?,23?,25+,26-,27+/m0/s1/i20+1,21+1,22+1,23+1,24+1,25+1. The molecule has 0 spiro atoms. The van der Waals surface area contributed by atoms with Gasteiger partial charge in [0, 0.05) is 0 Å². The molecule has 4 aliphatic carbocycles. The Kier molecular flexibility index (Phi) is 6.80. The van der Waals surface area contributed by atoms with Crippen molar-refractivity contribution < 1.29 is 39.8 Å². The Balaban J connectivity index is 1.26. The Morgan fingerprint density at radius 1 is 0.914 bits per heavy atom. The van der Waals surface area contributed by atoms with E-state index in [-0.39, 0.29) is 23.0 Å². The lowest BCUT2D eigenvalue weighted by atomic mass is 9.44. The van der Waals surface area contributed by atoms with E-state index in [4.69, 9.17) is 9.47 Å². The highest BCUT2D eigenvalue weighted by Gasteiger charge is 2.61. The summed E-state index contributed by atoms with van der Waals surface area (Å²) in [6, 6.07) is 0. The normalized spacial score (nSPS) is 54.9. The molecule has 2 unspecified atom stereocenters. The van der Waals surface area contributed by atoms with E-state index < -0.39 is 36.7 Å². The molecular formula is C27H44O8. The van der Waals surface area contributed by atoms with E-state index in [1.165, 1.54) is 25.7 Å². The first-order valence-electron chi connectivity index (χ1n) is 13.7. The van der Waals surface area contributed by atoms with Crippen molar-refractivity contribution in [3.8, 4) is 0 Å². The Morgan fingerprint density at radius 3 is 2.29 bits per heavy atom. The summed E-state index contributed by atoms with van der Waals surface area (Å²) in [6.07, 6.45) is 1.63. The van der Waals surface area contributed by atoms with Crippen molar-refractivity contribution in [1.82, 2.24) is 0 Å². The molecule has 14 atom stereocenters. The molecule has 1 saturated heterocycles. The molecule has 0 aromatic heterocycles. The van der Waals surface area contributed by atoms with Crippen LogP contribution >= 0.6 is 0 Å². The van der Waals surface area contributed by atoms with Crippen LogP contribution in [0.15, 0.2) is 0 Å². The van der Waals surface area contributed by atoms with Gasteiger partial charge in [-0.2, -0.15) is 0 Å². The minimum Gasteiger partial charge on any atom is -0.479 e. The van der Waals surface area contributed by atoms with Crippen LogP contribution in [0.5, 0.6) is 0 Å². The largest absolute Gasteiger partial charge is 0.479 e. The molecule has 0 aromatic rings. The number of carboxylic acids is 1. The van der Waals surface area contributed by atoms with Crippen LogP contribution in [0.25, 0.3) is 0 Å². The van der Waals surface area contributed by atoms with Gasteiger partial charge in [-0.25, -0.2) is 4.79 Å². The van der Waals surface area contributed by atoms with E-state index in [0.717, 1.165) is 32.1 Å². The summed E-state index contributed by atoms with van der Waals surface area (Å²) in [5.74, 6) is 1.60. The third-order valence-corrected chi connectivity index (χ3v) is 11.4. The monoisotopic (exact) mass is 502 g/mol. The lowest BCUT2D eigenvalue weighted by Gasteiger charge is -2.61. The summed E-state index contributed by atoms with van der Waals surface area (Å²) in [5.41, 5.74) is 0.484. The summed E-state index contributed by atoms with van der Waals surface area (Å²) < 4.78 is 11.4. The molecule has 1 aliphatic heterocycles. The van der Waals surface area contributed by atoms with Gasteiger partial charge in [-0.05, 0) is 105 Å². The number of rotatable bonds is 4. The number of ether oxygens (including phenoxy) is 2. The van der Waals surface area contributed by atoms with Crippen LogP contribution in [-0.4, -0.2) is 74.4 Å². The van der Waals surface area contributed by atoms with E-state index in [2.05, 4.69) is 13.8 Å². The van der Waals surface area contributed by atoms with Crippen molar-refractivity contribution >= 4 is 5.97 Å². The number of aliphatic hydroxyl groups is 4. The maximum atomic E-state index is 11.4. The van der Waals surface area contributed by atoms with E-state index >= 15 is 0 Å². The lowest BCUT2D eigenvalue weighted by Crippen LogP contribution is -2.61. The van der Waals surface area contributed by atoms with E-state index in [9.17, 15) is 30.3 Å². The highest BCUT2D eigenvalue weighted by molar-refractivity contribution is 5.73. The molecule has 4 saturated carbocycles. The fraction of sp³-hybridized carbons (Fsp3) is 0.963. The van der Waals surface area contributed by atoms with Crippen molar-refractivity contribution in [3.63, 3.8) is 0 Å². The van der Waals surface area contributed by atoms with E-state index in [0.29, 0.717) is 29.6 Å². The van der Waals surface area contributed by atoms with Crippen LogP contribution < -0.4 is 0 Å². The second-order valence-corrected chi connectivity index (χ2v) is 12.9. The summed E-state index contributed by atoms with van der Waals surface area (Å²) >= 11 is 0. The van der Waals surface area contributed by atoms with Gasteiger partial charge in [0.05, 0.1) is 12.2 Å². The van der Waals surface area contributed by atoms with Gasteiger partial charge < -0.3 is 35.0 Å². The fourth-order valence-electron chi connectivity index (χ4n) is 9.53. The molecule has 1 heterocycles. The first kappa shape index (κ1) is 25.9. The van der Waals surface area contributed by atoms with Crippen molar-refractivity contribution in [2.24, 2.45) is 40.4 Å². The van der Waals surface area contributed by atoms with Crippen LogP contribution in [0.1, 0.15) is 78.6 Å². The smallest absolute Gasteiger partial charge is 0.335 e. The van der Waals surface area contributed by atoms with Gasteiger partial charge in [-0.1, -0.05) is 13.8 Å². The number of carboxylic acid groups (broad SMARTS) is 1. The highest BCUT2D eigenvalue weighted by Crippen LogP contribution is 2.67. The number of hydrogen-bond acceptors (Lipinski definition) is 7. The molecule has 35 heavy (non-hydrogen) atoms. The molecule has 0 bridgehead atoms. The third-order valence-electron chi connectivity index (χ3n) is 11.4. The summed E-state index contributed by atoms with van der Waals surface area (Å²) in [7, 11) is 0. The van der Waals surface area contributed by atoms with Gasteiger partial charge in [-0.3, -0.25) is 0 Å². The molecule has 5 rings (SSSR count). The zero-order chi connectivity index (χ0) is 25.3. The number of aliphatic carboxylic acids is 1. The molecule has 0 aromatic carbocycles. The van der Waals surface area contributed by atoms with Gasteiger partial charge in [0.1, 0.15) is 18.3 Å². The molecule has 0 amide bonds. The van der Waals surface area contributed by atoms with Crippen LogP contribution in [0.4, 0.5) is 0 Å². The van der Waals surface area contributed by atoms with Crippen molar-refractivity contribution in [3.05, 3.63) is 0 Å². The molecule has 5 aliphatic rings. The molecular weight excluding hydrogens is 458 g/mol. The Labute approximate surface area is 208 Å². The fourth-order valence-corrected chi connectivity index (χ4v) is 9.53. The quantitative estimate of drug-likeness (QED) is 0.292. The zero-order valence-electron chi connectivity index (χ0n) is 21.3. The predicted molar refractivity (Wildman–Crippen MR) is 126 cm³/mol. The van der Waals surface area contributed by atoms with Crippen LogP contribution in [0, 0.1) is 40.4 Å². The average Bonchev–Trinajstić information content (AvgIpc) is 3.17.